The summed E-state index contributed by atoms with van der Waals surface area (Å²) < 4.78 is 35.1. The van der Waals surface area contributed by atoms with E-state index in [2.05, 4.69) is 30.7 Å². The summed E-state index contributed by atoms with van der Waals surface area (Å²) in [4.78, 5) is 42.5. The molecule has 3 aliphatic heterocycles. The molecule has 3 aromatic rings. The van der Waals surface area contributed by atoms with Crippen LogP contribution in [-0.4, -0.2) is 95.9 Å². The molecule has 0 unspecified atom stereocenters. The fraction of sp³-hybridized carbons (Fsp3) is 0.536. The van der Waals surface area contributed by atoms with Crippen molar-refractivity contribution in [2.24, 2.45) is 0 Å². The van der Waals surface area contributed by atoms with E-state index in [1.807, 2.05) is 6.07 Å². The van der Waals surface area contributed by atoms with Crippen molar-refractivity contribution in [2.45, 2.75) is 44.2 Å². The van der Waals surface area contributed by atoms with Gasteiger partial charge in [-0.05, 0) is 44.4 Å². The number of imidazole rings is 1. The second kappa shape index (κ2) is 12.5. The first-order valence-electron chi connectivity index (χ1n) is 14.5. The molecule has 3 saturated heterocycles. The fourth-order valence-electron chi connectivity index (χ4n) is 5.76. The molecule has 0 spiro atoms. The van der Waals surface area contributed by atoms with Crippen molar-refractivity contribution < 1.29 is 23.1 Å². The molecule has 12 nitrogen and oxygen atoms in total. The van der Waals surface area contributed by atoms with Crippen LogP contribution in [0.15, 0.2) is 30.3 Å². The lowest BCUT2D eigenvalue weighted by Crippen LogP contribution is -2.49. The normalized spacial score (nSPS) is 19.9. The van der Waals surface area contributed by atoms with Crippen LogP contribution in [0.5, 0.6) is 0 Å². The Kier molecular flexibility index (Phi) is 8.42. The van der Waals surface area contributed by atoms with E-state index in [4.69, 9.17) is 14.7 Å². The van der Waals surface area contributed by atoms with Gasteiger partial charge in [-0.1, -0.05) is 12.1 Å². The van der Waals surface area contributed by atoms with Crippen LogP contribution in [0, 0.1) is 0 Å². The van der Waals surface area contributed by atoms with E-state index in [0.29, 0.717) is 74.9 Å². The zero-order chi connectivity index (χ0) is 29.1. The molecule has 0 radical (unpaired) electrons. The summed E-state index contributed by atoms with van der Waals surface area (Å²) in [7, 11) is 0. The Labute approximate surface area is 241 Å². The molecule has 0 bridgehead atoms. The number of anilines is 2. The number of rotatable bonds is 8. The van der Waals surface area contributed by atoms with Crippen LogP contribution >= 0.6 is 0 Å². The van der Waals surface area contributed by atoms with Crippen molar-refractivity contribution in [1.82, 2.24) is 35.5 Å². The van der Waals surface area contributed by atoms with Crippen molar-refractivity contribution in [3.05, 3.63) is 36.2 Å². The van der Waals surface area contributed by atoms with Gasteiger partial charge in [0.05, 0.1) is 36.8 Å². The van der Waals surface area contributed by atoms with Gasteiger partial charge in [0.1, 0.15) is 11.6 Å². The number of aromatic nitrogens is 4. The predicted octanol–water partition coefficient (Wildman–Crippen LogP) is 1.54. The van der Waals surface area contributed by atoms with Crippen molar-refractivity contribution >= 4 is 34.5 Å². The molecular formula is C28H35F2N9O3. The minimum Gasteiger partial charge on any atom is -0.378 e. The van der Waals surface area contributed by atoms with Crippen LogP contribution in [0.2, 0.25) is 0 Å². The molecular weight excluding hydrogens is 548 g/mol. The maximum Gasteiger partial charge on any atom is 0.296 e. The van der Waals surface area contributed by atoms with E-state index < -0.39 is 12.2 Å². The molecule has 2 aromatic heterocycles. The number of alkyl halides is 2. The minimum atomic E-state index is -2.81. The molecule has 14 heteroatoms. The Morgan fingerprint density at radius 3 is 2.40 bits per heavy atom. The standard InChI is InChI=1S/C28H35F2N9O3/c29-25(30)26-34-19-4-1-2-6-21(19)39(26)28-35-22(16-23(36-28)38-12-14-42-15-13-38)37-10-7-18(8-11-37)33-24(40)17-32-27(41)20-5-3-9-31-20/h1-2,4,6,16,18,20,25,31H,3,5,7-15,17H2,(H,32,41)(H,33,40)/t20-/m0/s1. The summed E-state index contributed by atoms with van der Waals surface area (Å²) in [6, 6.07) is 8.59. The third-order valence-electron chi connectivity index (χ3n) is 7.99. The molecule has 42 heavy (non-hydrogen) atoms. The quantitative estimate of drug-likeness (QED) is 0.362. The Balaban J connectivity index is 1.18. The summed E-state index contributed by atoms with van der Waals surface area (Å²) >= 11 is 0. The number of halogens is 2. The molecule has 0 saturated carbocycles. The van der Waals surface area contributed by atoms with Crippen LogP contribution in [-0.2, 0) is 14.3 Å². The van der Waals surface area contributed by atoms with Crippen LogP contribution < -0.4 is 25.8 Å². The molecule has 3 N–H and O–H groups in total. The van der Waals surface area contributed by atoms with Gasteiger partial charge in [-0.15, -0.1) is 0 Å². The largest absolute Gasteiger partial charge is 0.378 e. The summed E-state index contributed by atoms with van der Waals surface area (Å²) in [6.07, 6.45) is 0.273. The molecule has 1 aromatic carbocycles. The van der Waals surface area contributed by atoms with E-state index in [1.165, 1.54) is 4.57 Å². The number of amides is 2. The number of hydrogen-bond donors (Lipinski definition) is 3. The zero-order valence-electron chi connectivity index (χ0n) is 23.3. The number of para-hydroxylation sites is 2. The van der Waals surface area contributed by atoms with Gasteiger partial charge in [-0.3, -0.25) is 14.2 Å². The number of carbonyl (C=O) groups is 2. The molecule has 1 atom stereocenters. The van der Waals surface area contributed by atoms with Crippen molar-refractivity contribution in [3.63, 3.8) is 0 Å². The lowest BCUT2D eigenvalue weighted by atomic mass is 10.0. The van der Waals surface area contributed by atoms with Gasteiger partial charge in [0.15, 0.2) is 5.82 Å². The molecule has 5 heterocycles. The second-order valence-corrected chi connectivity index (χ2v) is 10.8. The number of hydrogen-bond acceptors (Lipinski definition) is 9. The van der Waals surface area contributed by atoms with Crippen LogP contribution in [0.25, 0.3) is 17.0 Å². The Morgan fingerprint density at radius 2 is 1.71 bits per heavy atom. The highest BCUT2D eigenvalue weighted by atomic mass is 19.3. The second-order valence-electron chi connectivity index (χ2n) is 10.8. The van der Waals surface area contributed by atoms with E-state index in [-0.39, 0.29) is 36.4 Å². The number of piperidine rings is 1. The summed E-state index contributed by atoms with van der Waals surface area (Å²) in [5.74, 6) is 0.637. The Morgan fingerprint density at radius 1 is 1.00 bits per heavy atom. The molecule has 2 amide bonds. The van der Waals surface area contributed by atoms with Crippen molar-refractivity contribution in [3.8, 4) is 5.95 Å². The summed E-state index contributed by atoms with van der Waals surface area (Å²) in [5, 5.41) is 8.86. The van der Waals surface area contributed by atoms with Gasteiger partial charge in [0.2, 0.25) is 17.8 Å². The van der Waals surface area contributed by atoms with E-state index in [0.717, 1.165) is 19.4 Å². The maximum absolute atomic E-state index is 14.1. The van der Waals surface area contributed by atoms with Gasteiger partial charge < -0.3 is 30.5 Å². The monoisotopic (exact) mass is 583 g/mol. The third kappa shape index (κ3) is 6.14. The van der Waals surface area contributed by atoms with Crippen LogP contribution in [0.4, 0.5) is 20.4 Å². The minimum absolute atomic E-state index is 0.0432. The zero-order valence-corrected chi connectivity index (χ0v) is 23.3. The number of morpholine rings is 1. The predicted molar refractivity (Wildman–Crippen MR) is 152 cm³/mol. The van der Waals surface area contributed by atoms with E-state index >= 15 is 0 Å². The lowest BCUT2D eigenvalue weighted by Gasteiger charge is -2.34. The van der Waals surface area contributed by atoms with Crippen molar-refractivity contribution in [1.29, 1.82) is 0 Å². The summed E-state index contributed by atoms with van der Waals surface area (Å²) in [6.45, 7) is 4.33. The molecule has 0 aliphatic carbocycles. The van der Waals surface area contributed by atoms with Gasteiger partial charge in [0.25, 0.3) is 6.43 Å². The smallest absolute Gasteiger partial charge is 0.296 e. The van der Waals surface area contributed by atoms with Gasteiger partial charge in [-0.25, -0.2) is 13.8 Å². The molecule has 224 valence electrons. The fourth-order valence-corrected chi connectivity index (χ4v) is 5.76. The van der Waals surface area contributed by atoms with Gasteiger partial charge in [-0.2, -0.15) is 9.97 Å². The number of fused-ring (bicyclic) bond motifs is 1. The SMILES string of the molecule is O=C(CNC(=O)[C@@H]1CCCN1)NC1CCN(c2cc(N3CCOCC3)nc(-n3c(C(F)F)nc4ccccc43)n2)CC1. The number of carbonyl (C=O) groups excluding carboxylic acids is 2. The number of nitrogens with zero attached hydrogens (tertiary/aromatic N) is 6. The van der Waals surface area contributed by atoms with Crippen molar-refractivity contribution in [2.75, 3.05) is 62.3 Å². The molecule has 3 fully saturated rings. The molecule has 6 rings (SSSR count). The van der Waals surface area contributed by atoms with E-state index in [9.17, 15) is 18.4 Å². The number of benzene rings is 1. The first-order chi connectivity index (χ1) is 20.5. The van der Waals surface area contributed by atoms with E-state index in [1.54, 1.807) is 24.3 Å². The Hall–Kier alpha value is -3.91. The number of nitrogens with one attached hydrogen (secondary N) is 3. The van der Waals surface area contributed by atoms with Gasteiger partial charge in [0, 0.05) is 38.3 Å². The average molecular weight is 584 g/mol. The summed E-state index contributed by atoms with van der Waals surface area (Å²) in [5.41, 5.74) is 0.956. The third-order valence-corrected chi connectivity index (χ3v) is 7.99. The van der Waals surface area contributed by atoms with Crippen LogP contribution in [0.1, 0.15) is 37.9 Å². The maximum atomic E-state index is 14.1. The first-order valence-corrected chi connectivity index (χ1v) is 14.5. The highest BCUT2D eigenvalue weighted by Gasteiger charge is 2.27. The lowest BCUT2D eigenvalue weighted by molar-refractivity contribution is -0.127. The number of ether oxygens (including phenoxy) is 1. The highest BCUT2D eigenvalue weighted by Crippen LogP contribution is 2.30. The average Bonchev–Trinajstić information content (AvgIpc) is 3.70. The van der Waals surface area contributed by atoms with Gasteiger partial charge >= 0.3 is 0 Å². The molecule has 3 aliphatic rings. The topological polar surface area (TPSA) is 130 Å². The highest BCUT2D eigenvalue weighted by molar-refractivity contribution is 5.87. The Bertz CT molecular complexity index is 1410. The van der Waals surface area contributed by atoms with Crippen LogP contribution in [0.3, 0.4) is 0 Å². The first kappa shape index (κ1) is 28.2.